The number of carbonyl (C=O) groups is 1. The predicted octanol–water partition coefficient (Wildman–Crippen LogP) is 4.08. The van der Waals surface area contributed by atoms with Crippen molar-refractivity contribution < 1.29 is 9.53 Å². The predicted molar refractivity (Wildman–Crippen MR) is 69.1 cm³/mol. The largest absolute Gasteiger partial charge is 0.496 e. The molecule has 0 amide bonds. The fraction of sp³-hybridized carbons (Fsp3) is 0.462. The van der Waals surface area contributed by atoms with Crippen molar-refractivity contribution in [1.82, 2.24) is 0 Å². The van der Waals surface area contributed by atoms with Crippen molar-refractivity contribution in [2.24, 2.45) is 5.92 Å². The number of benzene rings is 1. The van der Waals surface area contributed by atoms with Crippen molar-refractivity contribution in [1.29, 1.82) is 0 Å². The molecule has 0 aliphatic heterocycles. The highest BCUT2D eigenvalue weighted by Crippen LogP contribution is 2.27. The van der Waals surface area contributed by atoms with E-state index in [1.165, 1.54) is 0 Å². The molecule has 0 atom stereocenters. The molecule has 3 heteroatoms. The van der Waals surface area contributed by atoms with E-state index in [1.807, 2.05) is 26.0 Å². The van der Waals surface area contributed by atoms with E-state index < -0.39 is 0 Å². The Morgan fingerprint density at radius 2 is 2.00 bits per heavy atom. The lowest BCUT2D eigenvalue weighted by atomic mass is 9.93. The van der Waals surface area contributed by atoms with Gasteiger partial charge in [0, 0.05) is 11.5 Å². The molecule has 0 radical (unpaired) electrons. The normalized spacial score (nSPS) is 10.6. The standard InChI is InChI=1S/C13H17BrO2/c1-4-9(5-2)13(15)10-6-7-11(14)12(8-10)16-3/h6-9H,4-5H2,1-3H3. The Hall–Kier alpha value is -0.830. The van der Waals surface area contributed by atoms with Crippen LogP contribution in [-0.4, -0.2) is 12.9 Å². The maximum atomic E-state index is 12.1. The molecule has 0 unspecified atom stereocenters. The average Bonchev–Trinajstić information content (AvgIpc) is 2.31. The van der Waals surface area contributed by atoms with Gasteiger partial charge < -0.3 is 4.74 Å². The first kappa shape index (κ1) is 13.2. The number of ketones is 1. The van der Waals surface area contributed by atoms with Crippen LogP contribution < -0.4 is 4.74 Å². The van der Waals surface area contributed by atoms with Gasteiger partial charge in [-0.3, -0.25) is 4.79 Å². The Kier molecular flexibility index (Phi) is 5.00. The van der Waals surface area contributed by atoms with Crippen molar-refractivity contribution in [2.45, 2.75) is 26.7 Å². The molecule has 0 N–H and O–H groups in total. The Morgan fingerprint density at radius 1 is 1.38 bits per heavy atom. The Bertz CT molecular complexity index is 370. The molecule has 1 aromatic rings. The number of ether oxygens (including phenoxy) is 1. The number of halogens is 1. The van der Waals surface area contributed by atoms with Crippen molar-refractivity contribution >= 4 is 21.7 Å². The summed E-state index contributed by atoms with van der Waals surface area (Å²) >= 11 is 3.37. The summed E-state index contributed by atoms with van der Waals surface area (Å²) in [6.07, 6.45) is 1.77. The minimum absolute atomic E-state index is 0.117. The maximum Gasteiger partial charge on any atom is 0.166 e. The molecule has 1 rings (SSSR count). The third-order valence-corrected chi connectivity index (χ3v) is 3.45. The summed E-state index contributed by atoms with van der Waals surface area (Å²) in [5, 5.41) is 0. The van der Waals surface area contributed by atoms with Gasteiger partial charge in [-0.25, -0.2) is 0 Å². The summed E-state index contributed by atoms with van der Waals surface area (Å²) < 4.78 is 6.06. The van der Waals surface area contributed by atoms with E-state index in [0.717, 1.165) is 22.9 Å². The second-order valence-electron chi connectivity index (χ2n) is 3.73. The molecular formula is C13H17BrO2. The van der Waals surface area contributed by atoms with Crippen LogP contribution in [0.25, 0.3) is 0 Å². The van der Waals surface area contributed by atoms with Crippen LogP contribution in [0, 0.1) is 5.92 Å². The molecule has 0 aliphatic rings. The van der Waals surface area contributed by atoms with Gasteiger partial charge in [0.25, 0.3) is 0 Å². The third-order valence-electron chi connectivity index (χ3n) is 2.79. The highest BCUT2D eigenvalue weighted by atomic mass is 79.9. The topological polar surface area (TPSA) is 26.3 Å². The quantitative estimate of drug-likeness (QED) is 0.762. The van der Waals surface area contributed by atoms with Gasteiger partial charge in [-0.1, -0.05) is 19.9 Å². The van der Waals surface area contributed by atoms with E-state index in [1.54, 1.807) is 13.2 Å². The van der Waals surface area contributed by atoms with Gasteiger partial charge in [-0.2, -0.15) is 0 Å². The second kappa shape index (κ2) is 6.04. The van der Waals surface area contributed by atoms with Gasteiger partial charge in [-0.05, 0) is 40.9 Å². The SMILES string of the molecule is CCC(CC)C(=O)c1ccc(Br)c(OC)c1. The summed E-state index contributed by atoms with van der Waals surface area (Å²) in [4.78, 5) is 12.1. The van der Waals surface area contributed by atoms with Crippen molar-refractivity contribution in [3.63, 3.8) is 0 Å². The Labute approximate surface area is 105 Å². The van der Waals surface area contributed by atoms with Crippen LogP contribution in [0.4, 0.5) is 0 Å². The molecule has 2 nitrogen and oxygen atoms in total. The first-order chi connectivity index (χ1) is 7.63. The van der Waals surface area contributed by atoms with E-state index in [2.05, 4.69) is 15.9 Å². The lowest BCUT2D eigenvalue weighted by molar-refractivity contribution is 0.0913. The van der Waals surface area contributed by atoms with E-state index in [-0.39, 0.29) is 11.7 Å². The van der Waals surface area contributed by atoms with Crippen molar-refractivity contribution in [3.05, 3.63) is 28.2 Å². The molecular weight excluding hydrogens is 268 g/mol. The molecule has 0 saturated heterocycles. The van der Waals surface area contributed by atoms with Gasteiger partial charge >= 0.3 is 0 Å². The Balaban J connectivity index is 3.00. The van der Waals surface area contributed by atoms with Gasteiger partial charge in [-0.15, -0.1) is 0 Å². The minimum Gasteiger partial charge on any atom is -0.496 e. The molecule has 0 aromatic heterocycles. The van der Waals surface area contributed by atoms with Crippen LogP contribution in [0.5, 0.6) is 5.75 Å². The average molecular weight is 285 g/mol. The summed E-state index contributed by atoms with van der Waals surface area (Å²) in [5.41, 5.74) is 0.730. The number of hydrogen-bond acceptors (Lipinski definition) is 2. The number of hydrogen-bond donors (Lipinski definition) is 0. The molecule has 0 fully saturated rings. The molecule has 88 valence electrons. The molecule has 0 aliphatic carbocycles. The van der Waals surface area contributed by atoms with Crippen LogP contribution in [0.2, 0.25) is 0 Å². The van der Waals surface area contributed by atoms with Gasteiger partial charge in [0.15, 0.2) is 5.78 Å². The van der Waals surface area contributed by atoms with Crippen LogP contribution in [0.1, 0.15) is 37.0 Å². The fourth-order valence-corrected chi connectivity index (χ4v) is 2.12. The summed E-state index contributed by atoms with van der Waals surface area (Å²) in [7, 11) is 1.60. The molecule has 16 heavy (non-hydrogen) atoms. The second-order valence-corrected chi connectivity index (χ2v) is 4.58. The highest BCUT2D eigenvalue weighted by molar-refractivity contribution is 9.10. The zero-order valence-corrected chi connectivity index (χ0v) is 11.5. The highest BCUT2D eigenvalue weighted by Gasteiger charge is 2.17. The number of Topliss-reactive ketones (excluding diaryl/α,β-unsaturated/α-hetero) is 1. The number of rotatable bonds is 5. The van der Waals surface area contributed by atoms with Gasteiger partial charge in [0.1, 0.15) is 5.75 Å². The molecule has 0 bridgehead atoms. The first-order valence-electron chi connectivity index (χ1n) is 5.51. The molecule has 0 spiro atoms. The van der Waals surface area contributed by atoms with E-state index in [9.17, 15) is 4.79 Å². The van der Waals surface area contributed by atoms with Crippen molar-refractivity contribution in [2.75, 3.05) is 7.11 Å². The molecule has 1 aromatic carbocycles. The van der Waals surface area contributed by atoms with E-state index in [0.29, 0.717) is 5.75 Å². The minimum atomic E-state index is 0.117. The zero-order valence-electron chi connectivity index (χ0n) is 9.92. The lowest BCUT2D eigenvalue weighted by Gasteiger charge is -2.12. The van der Waals surface area contributed by atoms with E-state index in [4.69, 9.17) is 4.74 Å². The summed E-state index contributed by atoms with van der Waals surface area (Å²) in [5.74, 6) is 1.03. The molecule has 0 saturated carbocycles. The smallest absolute Gasteiger partial charge is 0.166 e. The van der Waals surface area contributed by atoms with Crippen molar-refractivity contribution in [3.8, 4) is 5.75 Å². The zero-order chi connectivity index (χ0) is 12.1. The maximum absolute atomic E-state index is 12.1. The number of carbonyl (C=O) groups excluding carboxylic acids is 1. The van der Waals surface area contributed by atoms with Gasteiger partial charge in [0.05, 0.1) is 11.6 Å². The van der Waals surface area contributed by atoms with Crippen LogP contribution in [0.15, 0.2) is 22.7 Å². The molecule has 0 heterocycles. The van der Waals surface area contributed by atoms with Crippen LogP contribution in [0.3, 0.4) is 0 Å². The van der Waals surface area contributed by atoms with Gasteiger partial charge in [0.2, 0.25) is 0 Å². The van der Waals surface area contributed by atoms with Crippen LogP contribution >= 0.6 is 15.9 Å². The van der Waals surface area contributed by atoms with Crippen LogP contribution in [-0.2, 0) is 0 Å². The Morgan fingerprint density at radius 3 is 2.50 bits per heavy atom. The lowest BCUT2D eigenvalue weighted by Crippen LogP contribution is -2.13. The third kappa shape index (κ3) is 2.85. The monoisotopic (exact) mass is 284 g/mol. The van der Waals surface area contributed by atoms with E-state index >= 15 is 0 Å². The summed E-state index contributed by atoms with van der Waals surface area (Å²) in [6, 6.07) is 5.49. The number of methoxy groups -OCH3 is 1. The first-order valence-corrected chi connectivity index (χ1v) is 6.31. The summed E-state index contributed by atoms with van der Waals surface area (Å²) in [6.45, 7) is 4.09. The fourth-order valence-electron chi connectivity index (χ4n) is 1.71.